The number of allylic oxidation sites excluding steroid dienone is 1. The molecule has 11 nitrogen and oxygen atoms in total. The molecule has 4 N–H and O–H groups in total. The molecule has 0 aliphatic carbocycles. The number of rotatable bonds is 9. The van der Waals surface area contributed by atoms with Gasteiger partial charge in [0.2, 0.25) is 0 Å². The Bertz CT molecular complexity index is 842. The van der Waals surface area contributed by atoms with Crippen molar-refractivity contribution in [1.29, 1.82) is 0 Å². The minimum absolute atomic E-state index is 0.0482. The van der Waals surface area contributed by atoms with Crippen molar-refractivity contribution in [3.8, 4) is 0 Å². The van der Waals surface area contributed by atoms with E-state index in [0.29, 0.717) is 6.54 Å². The second-order valence-corrected chi connectivity index (χ2v) is 6.71. The summed E-state index contributed by atoms with van der Waals surface area (Å²) >= 11 is 0. The van der Waals surface area contributed by atoms with E-state index < -0.39 is 54.9 Å². The van der Waals surface area contributed by atoms with E-state index in [1.807, 2.05) is 6.92 Å². The number of carbonyl (C=O) groups is 2. The number of halogens is 1. The third-order valence-corrected chi connectivity index (χ3v) is 4.34. The molecule has 166 valence electrons. The molecule has 0 unspecified atom stereocenters. The second-order valence-electron chi connectivity index (χ2n) is 6.71. The Morgan fingerprint density at radius 3 is 2.87 bits per heavy atom. The van der Waals surface area contributed by atoms with Crippen LogP contribution in [0, 0.1) is 0 Å². The standard InChI is InChI=1S/C18H25FN4O7/c1-3-6-21-7-4-13(24)29-10-14(25)28-9-11-15(26)18(2,19)16(30-11)23-8-5-12(20)22-17(23)27/h3,5-6,8,11,15-16,21,26H,4,7,9-10H2,1-2H3,(H2,20,22,27)/b6-3-/t11-,15+,16-,18+/m1/s1. The lowest BCUT2D eigenvalue weighted by Crippen LogP contribution is -2.43. The van der Waals surface area contributed by atoms with E-state index >= 15 is 4.39 Å². The minimum Gasteiger partial charge on any atom is -0.460 e. The van der Waals surface area contributed by atoms with Crippen LogP contribution in [0.1, 0.15) is 26.5 Å². The van der Waals surface area contributed by atoms with Crippen molar-refractivity contribution in [1.82, 2.24) is 14.9 Å². The van der Waals surface area contributed by atoms with E-state index in [2.05, 4.69) is 10.3 Å². The molecule has 12 heteroatoms. The maximum absolute atomic E-state index is 15.0. The third-order valence-electron chi connectivity index (χ3n) is 4.34. The molecule has 0 amide bonds. The summed E-state index contributed by atoms with van der Waals surface area (Å²) in [6.45, 7) is 2.06. The number of hydrogen-bond donors (Lipinski definition) is 3. The molecule has 30 heavy (non-hydrogen) atoms. The number of nitrogens with zero attached hydrogens (tertiary/aromatic N) is 2. The lowest BCUT2D eigenvalue weighted by molar-refractivity contribution is -0.162. The molecule has 1 aromatic rings. The van der Waals surface area contributed by atoms with Gasteiger partial charge < -0.3 is 30.4 Å². The zero-order valence-corrected chi connectivity index (χ0v) is 16.6. The van der Waals surface area contributed by atoms with Crippen LogP contribution in [-0.2, 0) is 23.8 Å². The fraction of sp³-hybridized carbons (Fsp3) is 0.556. The van der Waals surface area contributed by atoms with Crippen molar-refractivity contribution < 1.29 is 33.3 Å². The quantitative estimate of drug-likeness (QED) is 0.343. The van der Waals surface area contributed by atoms with Gasteiger partial charge in [-0.3, -0.25) is 9.36 Å². The number of hydrogen-bond acceptors (Lipinski definition) is 10. The van der Waals surface area contributed by atoms with Crippen molar-refractivity contribution in [2.45, 2.75) is 44.4 Å². The van der Waals surface area contributed by atoms with Gasteiger partial charge in [-0.05, 0) is 26.1 Å². The number of carbonyl (C=O) groups excluding carboxylic acids is 2. The first-order valence-corrected chi connectivity index (χ1v) is 9.19. The fourth-order valence-corrected chi connectivity index (χ4v) is 2.76. The highest BCUT2D eigenvalue weighted by Crippen LogP contribution is 2.40. The summed E-state index contributed by atoms with van der Waals surface area (Å²) in [7, 11) is 0. The molecule has 2 rings (SSSR count). The summed E-state index contributed by atoms with van der Waals surface area (Å²) in [6.07, 6.45) is 0.218. The number of aliphatic hydroxyl groups is 1. The zero-order valence-electron chi connectivity index (χ0n) is 16.6. The van der Waals surface area contributed by atoms with Crippen molar-refractivity contribution in [2.24, 2.45) is 0 Å². The molecule has 2 heterocycles. The smallest absolute Gasteiger partial charge is 0.351 e. The Kier molecular flexibility index (Phi) is 7.89. The van der Waals surface area contributed by atoms with E-state index in [1.54, 1.807) is 12.3 Å². The monoisotopic (exact) mass is 428 g/mol. The number of ether oxygens (including phenoxy) is 3. The number of aromatic nitrogens is 2. The van der Waals surface area contributed by atoms with Crippen molar-refractivity contribution in [2.75, 3.05) is 25.5 Å². The maximum atomic E-state index is 15.0. The molecular formula is C18H25FN4O7. The molecule has 0 bridgehead atoms. The van der Waals surface area contributed by atoms with Gasteiger partial charge in [0.1, 0.15) is 24.6 Å². The predicted octanol–water partition coefficient (Wildman–Crippen LogP) is -0.588. The highest BCUT2D eigenvalue weighted by Gasteiger charge is 2.55. The lowest BCUT2D eigenvalue weighted by Gasteiger charge is -2.24. The van der Waals surface area contributed by atoms with Crippen molar-refractivity contribution in [3.63, 3.8) is 0 Å². The second kappa shape index (κ2) is 10.2. The van der Waals surface area contributed by atoms with Gasteiger partial charge in [0.25, 0.3) is 0 Å². The normalized spacial score (nSPS) is 25.9. The Morgan fingerprint density at radius 1 is 1.47 bits per heavy atom. The highest BCUT2D eigenvalue weighted by molar-refractivity contribution is 5.76. The SMILES string of the molecule is C/C=C\NCCC(=O)OCC(=O)OC[C@H]1O[C@@H](n2ccc(N)nc2=O)[C@@](C)(F)[C@H]1O. The third kappa shape index (κ3) is 5.76. The first-order valence-electron chi connectivity index (χ1n) is 9.19. The van der Waals surface area contributed by atoms with Crippen LogP contribution in [0.15, 0.2) is 29.3 Å². The van der Waals surface area contributed by atoms with Crippen LogP contribution in [0.2, 0.25) is 0 Å². The van der Waals surface area contributed by atoms with Crippen LogP contribution >= 0.6 is 0 Å². The first-order chi connectivity index (χ1) is 14.2. The summed E-state index contributed by atoms with van der Waals surface area (Å²) in [5.41, 5.74) is 2.18. The molecule has 1 fully saturated rings. The Morgan fingerprint density at radius 2 is 2.20 bits per heavy atom. The van der Waals surface area contributed by atoms with Crippen molar-refractivity contribution in [3.05, 3.63) is 35.0 Å². The molecule has 1 saturated heterocycles. The molecule has 0 radical (unpaired) electrons. The lowest BCUT2D eigenvalue weighted by atomic mass is 9.98. The Labute approximate surface area is 171 Å². The Balaban J connectivity index is 1.86. The molecule has 0 aromatic carbocycles. The number of nitrogens with one attached hydrogen (secondary N) is 1. The van der Waals surface area contributed by atoms with E-state index in [9.17, 15) is 19.5 Å². The first kappa shape index (κ1) is 23.3. The van der Waals surface area contributed by atoms with Gasteiger partial charge in [0.15, 0.2) is 18.5 Å². The van der Waals surface area contributed by atoms with Gasteiger partial charge in [0.05, 0.1) is 6.42 Å². The molecule has 4 atom stereocenters. The highest BCUT2D eigenvalue weighted by atomic mass is 19.1. The average molecular weight is 428 g/mol. The zero-order chi connectivity index (χ0) is 22.3. The molecule has 1 aromatic heterocycles. The van der Waals surface area contributed by atoms with E-state index in [4.69, 9.17) is 19.9 Å². The average Bonchev–Trinajstić information content (AvgIpc) is 2.91. The van der Waals surface area contributed by atoms with Gasteiger partial charge in [-0.15, -0.1) is 0 Å². The predicted molar refractivity (Wildman–Crippen MR) is 102 cm³/mol. The van der Waals surface area contributed by atoms with Crippen LogP contribution < -0.4 is 16.7 Å². The van der Waals surface area contributed by atoms with Crippen LogP contribution in [-0.4, -0.2) is 64.2 Å². The number of esters is 2. The topological polar surface area (TPSA) is 155 Å². The van der Waals surface area contributed by atoms with E-state index in [0.717, 1.165) is 11.5 Å². The maximum Gasteiger partial charge on any atom is 0.351 e. The number of alkyl halides is 1. The summed E-state index contributed by atoms with van der Waals surface area (Å²) in [5, 5.41) is 13.1. The number of nitrogen functional groups attached to an aromatic ring is 1. The van der Waals surface area contributed by atoms with Gasteiger partial charge in [-0.25, -0.2) is 14.0 Å². The van der Waals surface area contributed by atoms with Gasteiger partial charge >= 0.3 is 17.6 Å². The molecule has 1 aliphatic heterocycles. The number of anilines is 1. The Hall–Kier alpha value is -2.99. The largest absolute Gasteiger partial charge is 0.460 e. The van der Waals surface area contributed by atoms with Crippen LogP contribution in [0.3, 0.4) is 0 Å². The van der Waals surface area contributed by atoms with Gasteiger partial charge in [0, 0.05) is 12.7 Å². The van der Waals surface area contributed by atoms with Crippen LogP contribution in [0.4, 0.5) is 10.2 Å². The summed E-state index contributed by atoms with van der Waals surface area (Å²) < 4.78 is 30.9. The molecule has 0 saturated carbocycles. The summed E-state index contributed by atoms with van der Waals surface area (Å²) in [6, 6.07) is 1.28. The van der Waals surface area contributed by atoms with Gasteiger partial charge in [-0.2, -0.15) is 4.98 Å². The summed E-state index contributed by atoms with van der Waals surface area (Å²) in [4.78, 5) is 38.7. The van der Waals surface area contributed by atoms with Gasteiger partial charge in [-0.1, -0.05) is 6.08 Å². The van der Waals surface area contributed by atoms with E-state index in [-0.39, 0.29) is 12.2 Å². The molecule has 1 aliphatic rings. The summed E-state index contributed by atoms with van der Waals surface area (Å²) in [5.74, 6) is -1.54. The fourth-order valence-electron chi connectivity index (χ4n) is 2.76. The molecular weight excluding hydrogens is 403 g/mol. The number of aliphatic hydroxyl groups excluding tert-OH is 1. The van der Waals surface area contributed by atoms with E-state index in [1.165, 1.54) is 12.3 Å². The molecule has 0 spiro atoms. The van der Waals surface area contributed by atoms with Crippen molar-refractivity contribution >= 4 is 17.8 Å². The minimum atomic E-state index is -2.37. The van der Waals surface area contributed by atoms with Crippen LogP contribution in [0.25, 0.3) is 0 Å². The van der Waals surface area contributed by atoms with Crippen LogP contribution in [0.5, 0.6) is 0 Å². The number of nitrogens with two attached hydrogens (primary N) is 1.